The zero-order chi connectivity index (χ0) is 37.1. The minimum Gasteiger partial charge on any atom is -0.344 e. The lowest BCUT2D eigenvalue weighted by Gasteiger charge is -2.57. The third kappa shape index (κ3) is 4.45. The second-order valence-corrected chi connectivity index (χ2v) is 21.1. The molecule has 0 atom stereocenters. The van der Waals surface area contributed by atoms with Crippen molar-refractivity contribution >= 4 is 38.9 Å². The summed E-state index contributed by atoms with van der Waals surface area (Å²) in [5, 5.41) is 2.76. The van der Waals surface area contributed by atoms with E-state index in [1.165, 1.54) is 138 Å². The molecule has 15 rings (SSSR count). The highest BCUT2D eigenvalue weighted by molar-refractivity contribution is 6.17. The Kier molecular flexibility index (Phi) is 6.56. The maximum absolute atomic E-state index is 2.58. The Morgan fingerprint density at radius 1 is 0.500 bits per heavy atom. The molecule has 9 aliphatic rings. The van der Waals surface area contributed by atoms with Gasteiger partial charge in [-0.15, -0.1) is 0 Å². The molecule has 0 N–H and O–H groups in total. The van der Waals surface area contributed by atoms with E-state index in [1.54, 1.807) is 11.1 Å². The predicted octanol–water partition coefficient (Wildman–Crippen LogP) is 14.0. The molecule has 8 fully saturated rings. The lowest BCUT2D eigenvalue weighted by Crippen LogP contribution is -2.48. The zero-order valence-electron chi connectivity index (χ0n) is 33.7. The molecule has 0 spiro atoms. The maximum atomic E-state index is 2.58. The Hall–Kier alpha value is -4.30. The number of aromatic nitrogens is 1. The number of anilines is 3. The second kappa shape index (κ2) is 11.2. The van der Waals surface area contributed by atoms with E-state index >= 15 is 0 Å². The number of nitrogens with zero attached hydrogens (tertiary/aromatic N) is 2. The van der Waals surface area contributed by atoms with Gasteiger partial charge in [0.05, 0.1) is 0 Å². The van der Waals surface area contributed by atoms with Gasteiger partial charge in [-0.25, -0.2) is 0 Å². The highest BCUT2D eigenvalue weighted by Gasteiger charge is 2.53. The van der Waals surface area contributed by atoms with E-state index in [0.717, 1.165) is 35.5 Å². The van der Waals surface area contributed by atoms with Gasteiger partial charge >= 0.3 is 0 Å². The molecule has 56 heavy (non-hydrogen) atoms. The number of rotatable bonds is 5. The Balaban J connectivity index is 0.934. The largest absolute Gasteiger partial charge is 0.344 e. The molecule has 8 saturated carbocycles. The summed E-state index contributed by atoms with van der Waals surface area (Å²) in [6.07, 6.45) is 17.5. The van der Waals surface area contributed by atoms with Crippen molar-refractivity contribution in [3.05, 3.63) is 125 Å². The van der Waals surface area contributed by atoms with Crippen molar-refractivity contribution in [3.8, 4) is 11.1 Å². The average molecular weight is 733 g/mol. The van der Waals surface area contributed by atoms with Gasteiger partial charge in [-0.2, -0.15) is 0 Å². The van der Waals surface area contributed by atoms with Gasteiger partial charge in [0.25, 0.3) is 0 Å². The van der Waals surface area contributed by atoms with Gasteiger partial charge in [-0.3, -0.25) is 0 Å². The molecule has 282 valence electrons. The second-order valence-electron chi connectivity index (χ2n) is 21.1. The third-order valence-electron chi connectivity index (χ3n) is 17.5. The molecule has 2 nitrogen and oxygen atoms in total. The van der Waals surface area contributed by atoms with Crippen molar-refractivity contribution in [2.45, 2.75) is 107 Å². The van der Waals surface area contributed by atoms with Gasteiger partial charge in [-0.05, 0) is 205 Å². The van der Waals surface area contributed by atoms with Crippen molar-refractivity contribution in [1.82, 2.24) is 4.57 Å². The first-order valence-electron chi connectivity index (χ1n) is 22.4. The van der Waals surface area contributed by atoms with Crippen LogP contribution in [0.25, 0.3) is 32.9 Å². The molecule has 0 unspecified atom stereocenters. The van der Waals surface area contributed by atoms with Crippen LogP contribution in [0.1, 0.15) is 113 Å². The summed E-state index contributed by atoms with van der Waals surface area (Å²) in [6, 6.07) is 41.3. The Morgan fingerprint density at radius 2 is 0.982 bits per heavy atom. The summed E-state index contributed by atoms with van der Waals surface area (Å²) in [5.74, 6) is 5.74. The number of aryl methyl sites for hydroxylation is 1. The normalized spacial score (nSPS) is 32.7. The van der Waals surface area contributed by atoms with Gasteiger partial charge in [0.15, 0.2) is 0 Å². The van der Waals surface area contributed by atoms with Crippen molar-refractivity contribution in [3.63, 3.8) is 0 Å². The fourth-order valence-corrected chi connectivity index (χ4v) is 15.9. The number of fused-ring (bicyclic) bond motifs is 7. The summed E-state index contributed by atoms with van der Waals surface area (Å²) in [4.78, 5) is 2.58. The van der Waals surface area contributed by atoms with Crippen molar-refractivity contribution in [2.24, 2.45) is 42.6 Å². The molecule has 0 radical (unpaired) electrons. The van der Waals surface area contributed by atoms with Crippen molar-refractivity contribution in [2.75, 3.05) is 4.90 Å². The lowest BCUT2D eigenvalue weighted by molar-refractivity contribution is -0.00529. The van der Waals surface area contributed by atoms with E-state index in [9.17, 15) is 0 Å². The SMILES string of the molecule is Cn1c2ccccc2c2c3c(ccc21)C(C)(C)c1cc(N(c2ccc(C45CC6CC(CC(C6)C4)C5)cc2)c2ccc(C45CC6CC(CC(C6)C4)C5)cc2)ccc1-3. The van der Waals surface area contributed by atoms with Crippen LogP contribution in [0.3, 0.4) is 0 Å². The molecule has 8 bridgehead atoms. The van der Waals surface area contributed by atoms with E-state index in [2.05, 4.69) is 133 Å². The Labute approximate surface area is 333 Å². The van der Waals surface area contributed by atoms with Crippen LogP contribution in [0.15, 0.2) is 103 Å². The molecule has 6 aromatic rings. The van der Waals surface area contributed by atoms with Crippen molar-refractivity contribution in [1.29, 1.82) is 0 Å². The van der Waals surface area contributed by atoms with Crippen LogP contribution in [0.4, 0.5) is 17.1 Å². The third-order valence-corrected chi connectivity index (χ3v) is 17.5. The predicted molar refractivity (Wildman–Crippen MR) is 232 cm³/mol. The molecule has 0 saturated heterocycles. The maximum Gasteiger partial charge on any atom is 0.0495 e. The molecule has 1 aromatic heterocycles. The first-order chi connectivity index (χ1) is 27.2. The van der Waals surface area contributed by atoms with Crippen molar-refractivity contribution < 1.29 is 0 Å². The summed E-state index contributed by atoms with van der Waals surface area (Å²) >= 11 is 0. The first-order valence-corrected chi connectivity index (χ1v) is 22.4. The fourth-order valence-electron chi connectivity index (χ4n) is 15.9. The zero-order valence-corrected chi connectivity index (χ0v) is 33.7. The lowest BCUT2D eigenvalue weighted by atomic mass is 9.48. The van der Waals surface area contributed by atoms with Crippen LogP contribution in [0, 0.1) is 35.5 Å². The van der Waals surface area contributed by atoms with Gasteiger partial charge < -0.3 is 9.47 Å². The minimum atomic E-state index is -0.109. The van der Waals surface area contributed by atoms with Gasteiger partial charge in [0.2, 0.25) is 0 Å². The van der Waals surface area contributed by atoms with E-state index in [0.29, 0.717) is 10.8 Å². The molecule has 2 heteroatoms. The highest BCUT2D eigenvalue weighted by Crippen LogP contribution is 2.63. The van der Waals surface area contributed by atoms with Crippen LogP contribution in [-0.4, -0.2) is 4.57 Å². The van der Waals surface area contributed by atoms with E-state index < -0.39 is 0 Å². The molecular formula is C54H56N2. The summed E-state index contributed by atoms with van der Waals surface area (Å²) in [6.45, 7) is 4.90. The van der Waals surface area contributed by atoms with E-state index in [4.69, 9.17) is 0 Å². The molecule has 9 aliphatic carbocycles. The summed E-state index contributed by atoms with van der Waals surface area (Å²) in [7, 11) is 2.22. The van der Waals surface area contributed by atoms with Gasteiger partial charge in [0.1, 0.15) is 0 Å². The number of benzene rings is 5. The van der Waals surface area contributed by atoms with Crippen LogP contribution in [0.2, 0.25) is 0 Å². The Bertz CT molecular complexity index is 2420. The molecule has 0 aliphatic heterocycles. The molecular weight excluding hydrogens is 677 g/mol. The van der Waals surface area contributed by atoms with Crippen LogP contribution in [-0.2, 0) is 23.3 Å². The fraction of sp³-hybridized carbons (Fsp3) is 0.444. The molecule has 0 amide bonds. The number of para-hydroxylation sites is 1. The first kappa shape index (κ1) is 32.8. The quantitative estimate of drug-likeness (QED) is 0.171. The Morgan fingerprint density at radius 3 is 1.50 bits per heavy atom. The molecule has 1 heterocycles. The molecule has 5 aromatic carbocycles. The standard InChI is InChI=1S/C54H56N2/c1-52(2)46-18-19-49-51(45-6-4-5-7-48(45)55(49)3)50(46)44-17-16-43(26-47(44)52)56(41-12-8-39(9-13-41)53-27-33-20-34(28-53)22-35(21-33)29-53)42-14-10-40(11-15-42)54-30-36-23-37(31-54)25-38(24-36)32-54/h4-19,26,33-38H,20-25,27-32H2,1-3H3. The highest BCUT2D eigenvalue weighted by atomic mass is 15.1. The summed E-state index contributed by atoms with van der Waals surface area (Å²) in [5.41, 5.74) is 16.1. The monoisotopic (exact) mass is 732 g/mol. The number of hydrogen-bond acceptors (Lipinski definition) is 1. The van der Waals surface area contributed by atoms with E-state index in [-0.39, 0.29) is 5.41 Å². The van der Waals surface area contributed by atoms with Gasteiger partial charge in [-0.1, -0.05) is 68.4 Å². The minimum absolute atomic E-state index is 0.109. The topological polar surface area (TPSA) is 8.17 Å². The number of hydrogen-bond donors (Lipinski definition) is 0. The average Bonchev–Trinajstić information content (AvgIpc) is 3.61. The van der Waals surface area contributed by atoms with E-state index in [1.807, 2.05) is 0 Å². The van der Waals surface area contributed by atoms with Crippen LogP contribution in [0.5, 0.6) is 0 Å². The van der Waals surface area contributed by atoms with Crippen LogP contribution < -0.4 is 4.90 Å². The summed E-state index contributed by atoms with van der Waals surface area (Å²) < 4.78 is 2.38. The smallest absolute Gasteiger partial charge is 0.0495 e. The van der Waals surface area contributed by atoms with Gasteiger partial charge in [0, 0.05) is 51.3 Å². The van der Waals surface area contributed by atoms with Crippen LogP contribution >= 0.6 is 0 Å².